The van der Waals surface area contributed by atoms with Gasteiger partial charge in [0.25, 0.3) is 10.0 Å². The number of carboxylic acids is 1. The van der Waals surface area contributed by atoms with Gasteiger partial charge in [-0.15, -0.1) is 0 Å². The summed E-state index contributed by atoms with van der Waals surface area (Å²) in [5.41, 5.74) is -0.172. The SMILES string of the molecule is CN(c1c(C(=O)O)cnn1C)S(=O)(=O)c1ccccc1. The molecule has 0 aliphatic rings. The van der Waals surface area contributed by atoms with E-state index in [1.54, 1.807) is 18.2 Å². The molecular weight excluding hydrogens is 282 g/mol. The molecule has 0 atom stereocenters. The fraction of sp³-hybridized carbons (Fsp3) is 0.167. The summed E-state index contributed by atoms with van der Waals surface area (Å²) in [5, 5.41) is 12.9. The highest BCUT2D eigenvalue weighted by molar-refractivity contribution is 7.92. The highest BCUT2D eigenvalue weighted by Crippen LogP contribution is 2.24. The van der Waals surface area contributed by atoms with Crippen LogP contribution in [0.5, 0.6) is 0 Å². The van der Waals surface area contributed by atoms with E-state index in [1.165, 1.54) is 30.9 Å². The van der Waals surface area contributed by atoms with Crippen molar-refractivity contribution in [2.75, 3.05) is 11.4 Å². The molecule has 0 fully saturated rings. The van der Waals surface area contributed by atoms with E-state index < -0.39 is 16.0 Å². The van der Waals surface area contributed by atoms with Crippen LogP contribution < -0.4 is 4.31 Å². The van der Waals surface area contributed by atoms with Crippen LogP contribution in [0.4, 0.5) is 5.82 Å². The highest BCUT2D eigenvalue weighted by Gasteiger charge is 2.28. The van der Waals surface area contributed by atoms with Crippen LogP contribution in [-0.2, 0) is 17.1 Å². The first-order chi connectivity index (χ1) is 9.35. The lowest BCUT2D eigenvalue weighted by Crippen LogP contribution is -2.29. The number of hydrogen-bond acceptors (Lipinski definition) is 4. The molecule has 0 spiro atoms. The second-order valence-corrected chi connectivity index (χ2v) is 6.07. The molecule has 2 aromatic rings. The average Bonchev–Trinajstić information content (AvgIpc) is 2.80. The van der Waals surface area contributed by atoms with E-state index in [9.17, 15) is 13.2 Å². The normalized spacial score (nSPS) is 11.3. The number of nitrogens with zero attached hydrogens (tertiary/aromatic N) is 3. The van der Waals surface area contributed by atoms with E-state index in [4.69, 9.17) is 5.11 Å². The van der Waals surface area contributed by atoms with Crippen LogP contribution in [0.1, 0.15) is 10.4 Å². The monoisotopic (exact) mass is 295 g/mol. The minimum atomic E-state index is -3.83. The maximum Gasteiger partial charge on any atom is 0.341 e. The Bertz CT molecular complexity index is 737. The largest absolute Gasteiger partial charge is 0.477 e. The lowest BCUT2D eigenvalue weighted by atomic mass is 10.3. The predicted molar refractivity (Wildman–Crippen MR) is 72.2 cm³/mol. The summed E-state index contributed by atoms with van der Waals surface area (Å²) in [6.07, 6.45) is 1.12. The van der Waals surface area contributed by atoms with Gasteiger partial charge in [-0.2, -0.15) is 5.10 Å². The molecule has 1 aromatic carbocycles. The summed E-state index contributed by atoms with van der Waals surface area (Å²) in [5.74, 6) is -1.23. The summed E-state index contributed by atoms with van der Waals surface area (Å²) in [6.45, 7) is 0. The molecule has 0 saturated heterocycles. The van der Waals surface area contributed by atoms with E-state index in [1.807, 2.05) is 0 Å². The Balaban J connectivity index is 2.55. The van der Waals surface area contributed by atoms with E-state index in [-0.39, 0.29) is 16.3 Å². The third-order valence-corrected chi connectivity index (χ3v) is 4.60. The topological polar surface area (TPSA) is 92.5 Å². The fourth-order valence-corrected chi connectivity index (χ4v) is 3.08. The van der Waals surface area contributed by atoms with Gasteiger partial charge < -0.3 is 5.11 Å². The summed E-state index contributed by atoms with van der Waals surface area (Å²) >= 11 is 0. The molecule has 1 heterocycles. The number of aromatic nitrogens is 2. The van der Waals surface area contributed by atoms with Crippen molar-refractivity contribution in [1.29, 1.82) is 0 Å². The van der Waals surface area contributed by atoms with Gasteiger partial charge in [-0.3, -0.25) is 8.99 Å². The first kappa shape index (κ1) is 14.1. The van der Waals surface area contributed by atoms with E-state index in [2.05, 4.69) is 5.10 Å². The smallest absolute Gasteiger partial charge is 0.341 e. The second kappa shape index (κ2) is 4.97. The molecule has 2 rings (SSSR count). The maximum atomic E-state index is 12.4. The van der Waals surface area contributed by atoms with Crippen molar-refractivity contribution in [3.05, 3.63) is 42.1 Å². The number of benzene rings is 1. The molecule has 7 nitrogen and oxygen atoms in total. The van der Waals surface area contributed by atoms with Crippen molar-refractivity contribution in [3.63, 3.8) is 0 Å². The molecular formula is C12H13N3O4S. The van der Waals surface area contributed by atoms with Gasteiger partial charge in [-0.1, -0.05) is 18.2 Å². The third kappa shape index (κ3) is 2.25. The number of aryl methyl sites for hydroxylation is 1. The highest BCUT2D eigenvalue weighted by atomic mass is 32.2. The van der Waals surface area contributed by atoms with Crippen LogP contribution in [0.15, 0.2) is 41.4 Å². The van der Waals surface area contributed by atoms with Crippen LogP contribution in [0.3, 0.4) is 0 Å². The van der Waals surface area contributed by atoms with E-state index in [0.29, 0.717) is 0 Å². The molecule has 0 aliphatic carbocycles. The first-order valence-electron chi connectivity index (χ1n) is 5.65. The molecule has 0 amide bonds. The average molecular weight is 295 g/mol. The first-order valence-corrected chi connectivity index (χ1v) is 7.09. The number of hydrogen-bond donors (Lipinski definition) is 1. The minimum absolute atomic E-state index is 0.00125. The van der Waals surface area contributed by atoms with Crippen molar-refractivity contribution in [3.8, 4) is 0 Å². The molecule has 20 heavy (non-hydrogen) atoms. The molecule has 0 saturated carbocycles. The lowest BCUT2D eigenvalue weighted by molar-refractivity contribution is 0.0697. The Hall–Kier alpha value is -2.35. The zero-order chi connectivity index (χ0) is 14.9. The van der Waals surface area contributed by atoms with E-state index >= 15 is 0 Å². The zero-order valence-corrected chi connectivity index (χ0v) is 11.7. The van der Waals surface area contributed by atoms with Gasteiger partial charge in [0.2, 0.25) is 0 Å². The number of carbonyl (C=O) groups is 1. The third-order valence-electron chi connectivity index (χ3n) is 2.84. The number of aromatic carboxylic acids is 1. The van der Waals surface area contributed by atoms with Gasteiger partial charge in [-0.25, -0.2) is 13.2 Å². The predicted octanol–water partition coefficient (Wildman–Crippen LogP) is 0.943. The van der Waals surface area contributed by atoms with Gasteiger partial charge in [0, 0.05) is 14.1 Å². The summed E-state index contributed by atoms with van der Waals surface area (Å²) in [6, 6.07) is 7.79. The Labute approximate surface area is 116 Å². The number of rotatable bonds is 4. The maximum absolute atomic E-state index is 12.4. The lowest BCUT2D eigenvalue weighted by Gasteiger charge is -2.20. The Morgan fingerprint density at radius 3 is 2.45 bits per heavy atom. The second-order valence-electron chi connectivity index (χ2n) is 4.10. The van der Waals surface area contributed by atoms with Gasteiger partial charge in [0.05, 0.1) is 11.1 Å². The van der Waals surface area contributed by atoms with Gasteiger partial charge in [0.15, 0.2) is 5.82 Å². The Morgan fingerprint density at radius 2 is 1.90 bits per heavy atom. The fourth-order valence-electron chi connectivity index (χ4n) is 1.82. The molecule has 1 aromatic heterocycles. The van der Waals surface area contributed by atoms with Crippen molar-refractivity contribution in [2.24, 2.45) is 7.05 Å². The molecule has 0 aliphatic heterocycles. The summed E-state index contributed by atoms with van der Waals surface area (Å²) in [4.78, 5) is 11.2. The Morgan fingerprint density at radius 1 is 1.30 bits per heavy atom. The van der Waals surface area contributed by atoms with Crippen LogP contribution in [-0.4, -0.2) is 36.3 Å². The van der Waals surface area contributed by atoms with Crippen LogP contribution in [0.2, 0.25) is 0 Å². The van der Waals surface area contributed by atoms with Gasteiger partial charge in [0.1, 0.15) is 5.56 Å². The van der Waals surface area contributed by atoms with Gasteiger partial charge >= 0.3 is 5.97 Å². The molecule has 106 valence electrons. The van der Waals surface area contributed by atoms with Crippen LogP contribution in [0.25, 0.3) is 0 Å². The minimum Gasteiger partial charge on any atom is -0.477 e. The summed E-state index contributed by atoms with van der Waals surface area (Å²) < 4.78 is 27.0. The van der Waals surface area contributed by atoms with Crippen molar-refractivity contribution >= 4 is 21.8 Å². The van der Waals surface area contributed by atoms with E-state index in [0.717, 1.165) is 10.5 Å². The zero-order valence-electron chi connectivity index (χ0n) is 10.9. The molecule has 0 radical (unpaired) electrons. The molecule has 0 bridgehead atoms. The number of sulfonamides is 1. The van der Waals surface area contributed by atoms with Crippen LogP contribution >= 0.6 is 0 Å². The number of anilines is 1. The molecule has 0 unspecified atom stereocenters. The summed E-state index contributed by atoms with van der Waals surface area (Å²) in [7, 11) is -1.05. The number of carboxylic acid groups (broad SMARTS) is 1. The van der Waals surface area contributed by atoms with Gasteiger partial charge in [-0.05, 0) is 12.1 Å². The Kier molecular flexibility index (Phi) is 3.49. The standard InChI is InChI=1S/C12H13N3O4S/c1-14-11(10(8-13-14)12(16)17)15(2)20(18,19)9-6-4-3-5-7-9/h3-8H,1-2H3,(H,16,17). The van der Waals surface area contributed by atoms with Crippen LogP contribution in [0, 0.1) is 0 Å². The molecule has 1 N–H and O–H groups in total. The van der Waals surface area contributed by atoms with Crippen molar-refractivity contribution in [1.82, 2.24) is 9.78 Å². The quantitative estimate of drug-likeness (QED) is 0.906. The van der Waals surface area contributed by atoms with Crippen molar-refractivity contribution < 1.29 is 18.3 Å². The molecule has 8 heteroatoms. The van der Waals surface area contributed by atoms with Crippen molar-refractivity contribution in [2.45, 2.75) is 4.90 Å².